The van der Waals surface area contributed by atoms with Crippen LogP contribution in [-0.4, -0.2) is 32.5 Å². The van der Waals surface area contributed by atoms with Crippen LogP contribution in [0, 0.1) is 0 Å². The highest BCUT2D eigenvalue weighted by Crippen LogP contribution is 2.39. The van der Waals surface area contributed by atoms with Crippen LogP contribution in [0.15, 0.2) is 18.2 Å². The van der Waals surface area contributed by atoms with E-state index in [0.29, 0.717) is 0 Å². The largest absolute Gasteiger partial charge is 0.418 e. The lowest BCUT2D eigenvalue weighted by Gasteiger charge is -2.36. The first kappa shape index (κ1) is 15.0. The predicted octanol–water partition coefficient (Wildman–Crippen LogP) is 1.91. The van der Waals surface area contributed by atoms with Gasteiger partial charge in [-0.3, -0.25) is 0 Å². The zero-order valence-corrected chi connectivity index (χ0v) is 11.6. The monoisotopic (exact) mass is 308 g/mol. The Kier molecular flexibility index (Phi) is 3.62. The molecule has 1 aromatic rings. The van der Waals surface area contributed by atoms with E-state index < -0.39 is 27.6 Å². The Morgan fingerprint density at radius 2 is 2.00 bits per heavy atom. The third-order valence-electron chi connectivity index (χ3n) is 3.31. The zero-order chi connectivity index (χ0) is 15.1. The first-order valence-corrected chi connectivity index (χ1v) is 7.86. The lowest BCUT2D eigenvalue weighted by atomic mass is 10.1. The van der Waals surface area contributed by atoms with Gasteiger partial charge in [-0.15, -0.1) is 0 Å². The predicted molar refractivity (Wildman–Crippen MR) is 71.3 cm³/mol. The number of benzene rings is 1. The van der Waals surface area contributed by atoms with Gasteiger partial charge in [-0.25, -0.2) is 8.42 Å². The van der Waals surface area contributed by atoms with Gasteiger partial charge in [0, 0.05) is 24.0 Å². The van der Waals surface area contributed by atoms with E-state index >= 15 is 0 Å². The van der Waals surface area contributed by atoms with Crippen molar-refractivity contribution in [3.05, 3.63) is 23.8 Å². The molecular weight excluding hydrogens is 293 g/mol. The summed E-state index contributed by atoms with van der Waals surface area (Å²) in [5.74, 6) is -0.284. The van der Waals surface area contributed by atoms with Crippen LogP contribution in [0.2, 0.25) is 0 Å². The Bertz CT molecular complexity index is 614. The standard InChI is InChI=1S/C12H15F3N2O2S/c1-8-7-20(18,19)5-4-17(8)11-3-2-9(16)6-10(11)12(13,14)15/h2-3,6,8H,4-5,7,16H2,1H3. The minimum atomic E-state index is -4.53. The van der Waals surface area contributed by atoms with Gasteiger partial charge >= 0.3 is 6.18 Å². The lowest BCUT2D eigenvalue weighted by Crippen LogP contribution is -2.47. The van der Waals surface area contributed by atoms with E-state index in [1.54, 1.807) is 6.92 Å². The molecule has 1 aliphatic rings. The molecule has 1 heterocycles. The Morgan fingerprint density at radius 3 is 2.55 bits per heavy atom. The van der Waals surface area contributed by atoms with E-state index in [1.807, 2.05) is 0 Å². The van der Waals surface area contributed by atoms with E-state index in [1.165, 1.54) is 17.0 Å². The second-order valence-electron chi connectivity index (χ2n) is 4.93. The summed E-state index contributed by atoms with van der Waals surface area (Å²) in [6.07, 6.45) is -4.53. The fourth-order valence-electron chi connectivity index (χ4n) is 2.39. The maximum atomic E-state index is 13.1. The normalized spacial score (nSPS) is 22.8. The summed E-state index contributed by atoms with van der Waals surface area (Å²) in [5.41, 5.74) is 4.59. The van der Waals surface area contributed by atoms with Gasteiger partial charge in [0.1, 0.15) is 0 Å². The van der Waals surface area contributed by atoms with Gasteiger partial charge in [-0.05, 0) is 25.1 Å². The van der Waals surface area contributed by atoms with Gasteiger partial charge in [-0.2, -0.15) is 13.2 Å². The molecule has 1 unspecified atom stereocenters. The molecule has 1 saturated heterocycles. The summed E-state index contributed by atoms with van der Waals surface area (Å²) in [6.45, 7) is 1.66. The molecule has 0 bridgehead atoms. The highest BCUT2D eigenvalue weighted by atomic mass is 32.2. The van der Waals surface area contributed by atoms with Crippen molar-refractivity contribution in [1.29, 1.82) is 0 Å². The smallest absolute Gasteiger partial charge is 0.399 e. The van der Waals surface area contributed by atoms with Crippen molar-refractivity contribution < 1.29 is 21.6 Å². The van der Waals surface area contributed by atoms with Crippen LogP contribution in [0.1, 0.15) is 12.5 Å². The van der Waals surface area contributed by atoms with E-state index in [9.17, 15) is 21.6 Å². The number of nitrogens with zero attached hydrogens (tertiary/aromatic N) is 1. The minimum Gasteiger partial charge on any atom is -0.399 e. The summed E-state index contributed by atoms with van der Waals surface area (Å²) in [5, 5.41) is 0. The van der Waals surface area contributed by atoms with E-state index in [4.69, 9.17) is 5.73 Å². The fourth-order valence-corrected chi connectivity index (χ4v) is 3.94. The number of nitrogen functional groups attached to an aromatic ring is 1. The van der Waals surface area contributed by atoms with Crippen LogP contribution < -0.4 is 10.6 Å². The molecule has 0 aromatic heterocycles. The molecule has 2 rings (SSSR count). The van der Waals surface area contributed by atoms with E-state index in [-0.39, 0.29) is 29.4 Å². The number of sulfone groups is 1. The topological polar surface area (TPSA) is 63.4 Å². The van der Waals surface area contributed by atoms with Crippen LogP contribution >= 0.6 is 0 Å². The number of anilines is 2. The Labute approximate surface area is 115 Å². The van der Waals surface area contributed by atoms with Gasteiger partial charge in [0.15, 0.2) is 9.84 Å². The second-order valence-corrected chi connectivity index (χ2v) is 7.16. The molecule has 4 nitrogen and oxygen atoms in total. The van der Waals surface area contributed by atoms with Crippen LogP contribution in [0.5, 0.6) is 0 Å². The summed E-state index contributed by atoms with van der Waals surface area (Å²) in [4.78, 5) is 1.48. The summed E-state index contributed by atoms with van der Waals surface area (Å²) in [7, 11) is -3.18. The Hall–Kier alpha value is -1.44. The molecule has 1 fully saturated rings. The quantitative estimate of drug-likeness (QED) is 0.805. The van der Waals surface area contributed by atoms with Crippen molar-refractivity contribution in [2.75, 3.05) is 28.7 Å². The molecule has 0 spiro atoms. The van der Waals surface area contributed by atoms with Crippen molar-refractivity contribution in [3.8, 4) is 0 Å². The summed E-state index contributed by atoms with van der Waals surface area (Å²) in [6, 6.07) is 3.07. The second kappa shape index (κ2) is 4.83. The molecule has 0 radical (unpaired) electrons. The van der Waals surface area contributed by atoms with Gasteiger partial charge < -0.3 is 10.6 Å². The third-order valence-corrected chi connectivity index (χ3v) is 5.10. The van der Waals surface area contributed by atoms with Crippen LogP contribution in [0.3, 0.4) is 0 Å². The molecular formula is C12H15F3N2O2S. The molecule has 2 N–H and O–H groups in total. The highest BCUT2D eigenvalue weighted by Gasteiger charge is 2.37. The number of nitrogens with two attached hydrogens (primary N) is 1. The molecule has 20 heavy (non-hydrogen) atoms. The van der Waals surface area contributed by atoms with Crippen LogP contribution in [0.4, 0.5) is 24.5 Å². The van der Waals surface area contributed by atoms with Crippen molar-refractivity contribution in [2.45, 2.75) is 19.1 Å². The molecule has 8 heteroatoms. The van der Waals surface area contributed by atoms with Gasteiger partial charge in [0.05, 0.1) is 17.1 Å². The summed E-state index contributed by atoms with van der Waals surface area (Å²) >= 11 is 0. The molecule has 1 aliphatic heterocycles. The first-order chi connectivity index (χ1) is 9.10. The van der Waals surface area contributed by atoms with Crippen molar-refractivity contribution in [1.82, 2.24) is 0 Å². The number of halogens is 3. The minimum absolute atomic E-state index is 0.0194. The van der Waals surface area contributed by atoms with Crippen LogP contribution in [-0.2, 0) is 16.0 Å². The van der Waals surface area contributed by atoms with Gasteiger partial charge in [0.2, 0.25) is 0 Å². The zero-order valence-electron chi connectivity index (χ0n) is 10.8. The molecule has 0 saturated carbocycles. The molecule has 0 aliphatic carbocycles. The molecule has 112 valence electrons. The highest BCUT2D eigenvalue weighted by molar-refractivity contribution is 7.91. The first-order valence-electron chi connectivity index (χ1n) is 6.04. The number of hydrogen-bond donors (Lipinski definition) is 1. The van der Waals surface area contributed by atoms with E-state index in [0.717, 1.165) is 6.07 Å². The molecule has 1 atom stereocenters. The Balaban J connectivity index is 2.43. The van der Waals surface area contributed by atoms with Crippen molar-refractivity contribution >= 4 is 21.2 Å². The van der Waals surface area contributed by atoms with Gasteiger partial charge in [0.25, 0.3) is 0 Å². The van der Waals surface area contributed by atoms with Crippen molar-refractivity contribution in [3.63, 3.8) is 0 Å². The fraction of sp³-hybridized carbons (Fsp3) is 0.500. The maximum absolute atomic E-state index is 13.1. The van der Waals surface area contributed by atoms with Crippen LogP contribution in [0.25, 0.3) is 0 Å². The molecule has 0 amide bonds. The van der Waals surface area contributed by atoms with Gasteiger partial charge in [-0.1, -0.05) is 0 Å². The maximum Gasteiger partial charge on any atom is 0.418 e. The number of alkyl halides is 3. The third kappa shape index (κ3) is 3.00. The lowest BCUT2D eigenvalue weighted by molar-refractivity contribution is -0.137. The number of rotatable bonds is 1. The van der Waals surface area contributed by atoms with E-state index in [2.05, 4.69) is 0 Å². The molecule has 1 aromatic carbocycles. The summed E-state index contributed by atoms with van der Waals surface area (Å²) < 4.78 is 62.2. The average molecular weight is 308 g/mol. The SMILES string of the molecule is CC1CS(=O)(=O)CCN1c1ccc(N)cc1C(F)(F)F. The van der Waals surface area contributed by atoms with Crippen molar-refractivity contribution in [2.24, 2.45) is 0 Å². The average Bonchev–Trinajstić information content (AvgIpc) is 2.27. The number of hydrogen-bond acceptors (Lipinski definition) is 4. The Morgan fingerprint density at radius 1 is 1.35 bits per heavy atom.